The molecule has 2 aromatic heterocycles. The number of nitrogens with zero attached hydrogens (tertiary/aromatic N) is 1. The molecular weight excluding hydrogens is 286 g/mol. The Morgan fingerprint density at radius 2 is 2.29 bits per heavy atom. The molecule has 0 bridgehead atoms. The summed E-state index contributed by atoms with van der Waals surface area (Å²) in [6.45, 7) is 3.06. The Morgan fingerprint density at radius 1 is 1.48 bits per heavy atom. The summed E-state index contributed by atoms with van der Waals surface area (Å²) < 4.78 is 10.4. The molecule has 1 saturated carbocycles. The minimum Gasteiger partial charge on any atom is -0.463 e. The number of carbonyl (C=O) groups excluding carboxylic acids is 1. The molecular formula is C16H19NO3S. The van der Waals surface area contributed by atoms with Gasteiger partial charge in [-0.1, -0.05) is 6.07 Å². The van der Waals surface area contributed by atoms with Crippen LogP contribution in [0.2, 0.25) is 0 Å². The molecule has 112 valence electrons. The third kappa shape index (κ3) is 3.19. The minimum atomic E-state index is -0.426. The lowest BCUT2D eigenvalue weighted by molar-refractivity contribution is 0.0558. The van der Waals surface area contributed by atoms with Gasteiger partial charge in [0.05, 0.1) is 13.2 Å². The van der Waals surface area contributed by atoms with E-state index in [0.29, 0.717) is 6.04 Å². The molecule has 1 unspecified atom stereocenters. The molecule has 0 radical (unpaired) electrons. The van der Waals surface area contributed by atoms with Crippen molar-refractivity contribution in [2.24, 2.45) is 0 Å². The zero-order chi connectivity index (χ0) is 14.8. The fraction of sp³-hybridized carbons (Fsp3) is 0.438. The first kappa shape index (κ1) is 14.4. The largest absolute Gasteiger partial charge is 0.463 e. The van der Waals surface area contributed by atoms with E-state index in [4.69, 9.17) is 9.15 Å². The van der Waals surface area contributed by atoms with Crippen molar-refractivity contribution in [3.8, 4) is 0 Å². The van der Waals surface area contributed by atoms with E-state index < -0.39 is 5.97 Å². The highest BCUT2D eigenvalue weighted by Crippen LogP contribution is 2.36. The summed E-state index contributed by atoms with van der Waals surface area (Å²) in [7, 11) is 1.36. The van der Waals surface area contributed by atoms with Gasteiger partial charge < -0.3 is 9.15 Å². The molecule has 4 nitrogen and oxygen atoms in total. The van der Waals surface area contributed by atoms with Gasteiger partial charge in [-0.2, -0.15) is 0 Å². The molecule has 0 amide bonds. The summed E-state index contributed by atoms with van der Waals surface area (Å²) >= 11 is 1.78. The molecule has 3 rings (SSSR count). The Hall–Kier alpha value is -1.59. The van der Waals surface area contributed by atoms with Crippen LogP contribution < -0.4 is 0 Å². The number of rotatable bonds is 6. The van der Waals surface area contributed by atoms with Crippen molar-refractivity contribution in [2.75, 3.05) is 7.11 Å². The molecule has 0 spiro atoms. The van der Waals surface area contributed by atoms with Crippen molar-refractivity contribution < 1.29 is 13.9 Å². The monoisotopic (exact) mass is 305 g/mol. The van der Waals surface area contributed by atoms with Crippen LogP contribution in [-0.2, 0) is 11.3 Å². The lowest BCUT2D eigenvalue weighted by Gasteiger charge is -2.27. The van der Waals surface area contributed by atoms with Gasteiger partial charge in [0.1, 0.15) is 5.76 Å². The zero-order valence-corrected chi connectivity index (χ0v) is 13.1. The van der Waals surface area contributed by atoms with E-state index in [1.807, 2.05) is 6.07 Å². The van der Waals surface area contributed by atoms with Gasteiger partial charge in [-0.3, -0.25) is 4.90 Å². The van der Waals surface area contributed by atoms with Crippen LogP contribution in [0.5, 0.6) is 0 Å². The van der Waals surface area contributed by atoms with E-state index in [0.717, 1.165) is 12.3 Å². The van der Waals surface area contributed by atoms with E-state index in [-0.39, 0.29) is 11.8 Å². The second-order valence-corrected chi connectivity index (χ2v) is 6.38. The summed E-state index contributed by atoms with van der Waals surface area (Å²) in [5, 5.41) is 2.10. The van der Waals surface area contributed by atoms with Crippen molar-refractivity contribution in [3.63, 3.8) is 0 Å². The van der Waals surface area contributed by atoms with Crippen LogP contribution >= 0.6 is 11.3 Å². The lowest BCUT2D eigenvalue weighted by atomic mass is 10.2. The summed E-state index contributed by atoms with van der Waals surface area (Å²) in [5.41, 5.74) is 0. The van der Waals surface area contributed by atoms with Gasteiger partial charge in [0.15, 0.2) is 0 Å². The van der Waals surface area contributed by atoms with Crippen molar-refractivity contribution in [1.29, 1.82) is 0 Å². The summed E-state index contributed by atoms with van der Waals surface area (Å²) in [5.74, 6) is 0.662. The van der Waals surface area contributed by atoms with Crippen molar-refractivity contribution in [1.82, 2.24) is 4.90 Å². The predicted octanol–water partition coefficient (Wildman–Crippen LogP) is 3.85. The normalized spacial score (nSPS) is 16.1. The predicted molar refractivity (Wildman–Crippen MR) is 81.3 cm³/mol. The average Bonchev–Trinajstić information content (AvgIpc) is 3.02. The number of furan rings is 1. The van der Waals surface area contributed by atoms with Crippen LogP contribution in [-0.4, -0.2) is 24.0 Å². The fourth-order valence-electron chi connectivity index (χ4n) is 2.52. The van der Waals surface area contributed by atoms with Gasteiger partial charge in [-0.15, -0.1) is 11.3 Å². The topological polar surface area (TPSA) is 42.7 Å². The van der Waals surface area contributed by atoms with Crippen LogP contribution in [0, 0.1) is 0 Å². The maximum absolute atomic E-state index is 11.5. The first-order valence-electron chi connectivity index (χ1n) is 7.15. The van der Waals surface area contributed by atoms with Gasteiger partial charge in [0.2, 0.25) is 5.76 Å². The van der Waals surface area contributed by atoms with Gasteiger partial charge in [0.25, 0.3) is 0 Å². The molecule has 0 saturated heterocycles. The van der Waals surface area contributed by atoms with Crippen LogP contribution in [0.3, 0.4) is 0 Å². The Bertz CT molecular complexity index is 601. The summed E-state index contributed by atoms with van der Waals surface area (Å²) in [6.07, 6.45) is 2.47. The molecule has 1 fully saturated rings. The maximum atomic E-state index is 11.5. The first-order valence-corrected chi connectivity index (χ1v) is 8.03. The van der Waals surface area contributed by atoms with Gasteiger partial charge >= 0.3 is 5.97 Å². The van der Waals surface area contributed by atoms with Gasteiger partial charge in [-0.05, 0) is 43.3 Å². The number of methoxy groups -OCH3 is 1. The number of hydrogen-bond donors (Lipinski definition) is 0. The highest BCUT2D eigenvalue weighted by atomic mass is 32.1. The number of carbonyl (C=O) groups is 1. The molecule has 0 aliphatic heterocycles. The lowest BCUT2D eigenvalue weighted by Crippen LogP contribution is -2.28. The highest BCUT2D eigenvalue weighted by Gasteiger charge is 2.34. The average molecular weight is 305 g/mol. The zero-order valence-electron chi connectivity index (χ0n) is 12.2. The summed E-state index contributed by atoms with van der Waals surface area (Å²) in [4.78, 5) is 15.3. The number of esters is 1. The molecule has 21 heavy (non-hydrogen) atoms. The van der Waals surface area contributed by atoms with E-state index in [1.54, 1.807) is 17.4 Å². The maximum Gasteiger partial charge on any atom is 0.373 e. The van der Waals surface area contributed by atoms with Crippen LogP contribution in [0.1, 0.15) is 47.0 Å². The number of thiophene rings is 1. The molecule has 1 aliphatic rings. The SMILES string of the molecule is COC(=O)c1ccc(C(C)N(Cc2cccs2)C2CC2)o1. The van der Waals surface area contributed by atoms with Crippen LogP contribution in [0.25, 0.3) is 0 Å². The molecule has 0 aromatic carbocycles. The first-order chi connectivity index (χ1) is 10.2. The van der Waals surface area contributed by atoms with Gasteiger partial charge in [0, 0.05) is 17.5 Å². The minimum absolute atomic E-state index is 0.151. The van der Waals surface area contributed by atoms with Crippen LogP contribution in [0.4, 0.5) is 0 Å². The van der Waals surface area contributed by atoms with Crippen molar-refractivity contribution >= 4 is 17.3 Å². The Kier molecular flexibility index (Phi) is 4.12. The van der Waals surface area contributed by atoms with E-state index >= 15 is 0 Å². The molecule has 2 heterocycles. The fourth-order valence-corrected chi connectivity index (χ4v) is 3.23. The van der Waals surface area contributed by atoms with Crippen molar-refractivity contribution in [2.45, 2.75) is 38.4 Å². The van der Waals surface area contributed by atoms with Gasteiger partial charge in [-0.25, -0.2) is 4.79 Å². The molecule has 5 heteroatoms. The number of ether oxygens (including phenoxy) is 1. The van der Waals surface area contributed by atoms with E-state index in [1.165, 1.54) is 24.8 Å². The Balaban J connectivity index is 1.76. The van der Waals surface area contributed by atoms with Crippen LogP contribution in [0.15, 0.2) is 34.1 Å². The van der Waals surface area contributed by atoms with E-state index in [2.05, 4.69) is 29.3 Å². The molecule has 2 aromatic rings. The molecule has 1 atom stereocenters. The Labute approximate surface area is 128 Å². The molecule has 0 N–H and O–H groups in total. The van der Waals surface area contributed by atoms with E-state index in [9.17, 15) is 4.79 Å². The second kappa shape index (κ2) is 6.03. The summed E-state index contributed by atoms with van der Waals surface area (Å²) in [6, 6.07) is 8.58. The second-order valence-electron chi connectivity index (χ2n) is 5.35. The Morgan fingerprint density at radius 3 is 2.90 bits per heavy atom. The number of hydrogen-bond acceptors (Lipinski definition) is 5. The molecule has 1 aliphatic carbocycles. The quantitative estimate of drug-likeness (QED) is 0.760. The third-order valence-corrected chi connectivity index (χ3v) is 4.72. The highest BCUT2D eigenvalue weighted by molar-refractivity contribution is 7.09. The smallest absolute Gasteiger partial charge is 0.373 e. The third-order valence-electron chi connectivity index (χ3n) is 3.86. The van der Waals surface area contributed by atoms with Crippen molar-refractivity contribution in [3.05, 3.63) is 46.0 Å². The standard InChI is InChI=1S/C16H19NO3S/c1-11(14-7-8-15(20-14)16(18)19-2)17(12-5-6-12)10-13-4-3-9-21-13/h3-4,7-9,11-12H,5-6,10H2,1-2H3.